The number of phenols is 1. The van der Waals surface area contributed by atoms with Crippen LogP contribution in [-0.4, -0.2) is 91.4 Å². The molecule has 2 saturated heterocycles. The predicted octanol–water partition coefficient (Wildman–Crippen LogP) is 2.06. The summed E-state index contributed by atoms with van der Waals surface area (Å²) < 4.78 is 16.9. The standard InChI is InChI=1S/C25H33N5O4/c31-23-6-2-3-20-21(23)4-1-5-22(20)26-18-19-17-24(30-10-14-33-15-11-30)28-25(27-19)34-16-9-29-7-12-32-13-8-29/h2-3,6,17,31H,1,4-5,7-16,18H2. The van der Waals surface area contributed by atoms with Gasteiger partial charge < -0.3 is 24.2 Å². The van der Waals surface area contributed by atoms with Gasteiger partial charge in [-0.05, 0) is 25.3 Å². The topological polar surface area (TPSA) is 92.5 Å². The Kier molecular flexibility index (Phi) is 7.52. The lowest BCUT2D eigenvalue weighted by Crippen LogP contribution is -2.39. The van der Waals surface area contributed by atoms with E-state index in [9.17, 15) is 5.11 Å². The number of aromatic hydroxyl groups is 1. The molecule has 9 heteroatoms. The Bertz CT molecular complexity index is 1000. The molecule has 0 spiro atoms. The summed E-state index contributed by atoms with van der Waals surface area (Å²) in [5.41, 5.74) is 3.91. The second-order valence-electron chi connectivity index (χ2n) is 8.82. The molecule has 2 aliphatic heterocycles. The van der Waals surface area contributed by atoms with Crippen LogP contribution in [0.2, 0.25) is 0 Å². The van der Waals surface area contributed by atoms with Crippen LogP contribution in [0.15, 0.2) is 29.3 Å². The zero-order valence-corrected chi connectivity index (χ0v) is 19.6. The second-order valence-corrected chi connectivity index (χ2v) is 8.82. The van der Waals surface area contributed by atoms with Crippen molar-refractivity contribution in [2.24, 2.45) is 4.99 Å². The van der Waals surface area contributed by atoms with E-state index in [-0.39, 0.29) is 0 Å². The minimum Gasteiger partial charge on any atom is -0.508 e. The fourth-order valence-corrected chi connectivity index (χ4v) is 4.67. The lowest BCUT2D eigenvalue weighted by atomic mass is 9.89. The Hall–Kier alpha value is -2.75. The number of aliphatic imine (C=N–C) groups is 1. The monoisotopic (exact) mass is 467 g/mol. The lowest BCUT2D eigenvalue weighted by molar-refractivity contribution is 0.0317. The number of morpholine rings is 2. The maximum atomic E-state index is 10.2. The molecule has 9 nitrogen and oxygen atoms in total. The summed E-state index contributed by atoms with van der Waals surface area (Å²) in [6.07, 6.45) is 2.78. The third-order valence-electron chi connectivity index (χ3n) is 6.56. The van der Waals surface area contributed by atoms with E-state index in [0.29, 0.717) is 38.1 Å². The summed E-state index contributed by atoms with van der Waals surface area (Å²) in [4.78, 5) is 18.8. The molecule has 3 aliphatic rings. The van der Waals surface area contributed by atoms with E-state index in [0.717, 1.165) is 93.6 Å². The summed E-state index contributed by atoms with van der Waals surface area (Å²) in [6, 6.07) is 8.09. The highest BCUT2D eigenvalue weighted by Gasteiger charge is 2.19. The molecule has 1 aliphatic carbocycles. The van der Waals surface area contributed by atoms with Gasteiger partial charge in [-0.2, -0.15) is 9.97 Å². The van der Waals surface area contributed by atoms with Crippen molar-refractivity contribution < 1.29 is 19.3 Å². The molecule has 34 heavy (non-hydrogen) atoms. The van der Waals surface area contributed by atoms with Crippen LogP contribution in [0.4, 0.5) is 5.82 Å². The molecule has 0 radical (unpaired) electrons. The Balaban J connectivity index is 1.33. The van der Waals surface area contributed by atoms with E-state index < -0.39 is 0 Å². The Morgan fingerprint density at radius 3 is 2.62 bits per heavy atom. The smallest absolute Gasteiger partial charge is 0.318 e. The van der Waals surface area contributed by atoms with Crippen LogP contribution < -0.4 is 9.64 Å². The van der Waals surface area contributed by atoms with Crippen molar-refractivity contribution >= 4 is 11.5 Å². The van der Waals surface area contributed by atoms with Gasteiger partial charge in [0, 0.05) is 55.6 Å². The Labute approximate surface area is 200 Å². The van der Waals surface area contributed by atoms with E-state index in [4.69, 9.17) is 24.2 Å². The summed E-state index contributed by atoms with van der Waals surface area (Å²) >= 11 is 0. The normalized spacial score (nSPS) is 20.4. The number of benzene rings is 1. The quantitative estimate of drug-likeness (QED) is 0.662. The summed E-state index contributed by atoms with van der Waals surface area (Å²) in [7, 11) is 0. The molecule has 1 aromatic heterocycles. The fourth-order valence-electron chi connectivity index (χ4n) is 4.67. The van der Waals surface area contributed by atoms with Gasteiger partial charge >= 0.3 is 6.01 Å². The number of rotatable bonds is 7. The molecule has 0 bridgehead atoms. The summed E-state index contributed by atoms with van der Waals surface area (Å²) in [5, 5.41) is 10.2. The Morgan fingerprint density at radius 1 is 1.00 bits per heavy atom. The third kappa shape index (κ3) is 5.65. The van der Waals surface area contributed by atoms with Crippen LogP contribution in [0.5, 0.6) is 11.8 Å². The molecule has 0 saturated carbocycles. The van der Waals surface area contributed by atoms with Crippen LogP contribution in [0.3, 0.4) is 0 Å². The van der Waals surface area contributed by atoms with Crippen molar-refractivity contribution in [3.63, 3.8) is 0 Å². The molecule has 2 aromatic rings. The van der Waals surface area contributed by atoms with Gasteiger partial charge in [0.15, 0.2) is 0 Å². The van der Waals surface area contributed by atoms with E-state index >= 15 is 0 Å². The van der Waals surface area contributed by atoms with Gasteiger partial charge in [-0.25, -0.2) is 0 Å². The summed E-state index contributed by atoms with van der Waals surface area (Å²) in [6.45, 7) is 8.18. The number of anilines is 1. The molecular formula is C25H33N5O4. The highest BCUT2D eigenvalue weighted by Crippen LogP contribution is 2.29. The van der Waals surface area contributed by atoms with Crippen molar-refractivity contribution in [3.05, 3.63) is 41.1 Å². The number of aromatic nitrogens is 2. The van der Waals surface area contributed by atoms with Gasteiger partial charge in [0.05, 0.1) is 38.7 Å². The number of hydrogen-bond acceptors (Lipinski definition) is 9. The third-order valence-corrected chi connectivity index (χ3v) is 6.56. The van der Waals surface area contributed by atoms with Crippen molar-refractivity contribution in [2.75, 3.05) is 70.7 Å². The molecule has 5 rings (SSSR count). The van der Waals surface area contributed by atoms with Gasteiger partial charge in [0.1, 0.15) is 18.2 Å². The van der Waals surface area contributed by atoms with Crippen molar-refractivity contribution in [1.82, 2.24) is 14.9 Å². The molecule has 0 unspecified atom stereocenters. The van der Waals surface area contributed by atoms with Crippen molar-refractivity contribution in [2.45, 2.75) is 25.8 Å². The SMILES string of the molecule is Oc1cccc2c1CCCC2=NCc1cc(N2CCOCC2)nc(OCCN2CCOCC2)n1. The van der Waals surface area contributed by atoms with E-state index in [1.54, 1.807) is 6.07 Å². The first-order chi connectivity index (χ1) is 16.8. The fraction of sp³-hybridized carbons (Fsp3) is 0.560. The Morgan fingerprint density at radius 2 is 1.79 bits per heavy atom. The number of phenolic OH excluding ortho intramolecular Hbond substituents is 1. The van der Waals surface area contributed by atoms with Crippen LogP contribution in [0.25, 0.3) is 0 Å². The van der Waals surface area contributed by atoms with Crippen molar-refractivity contribution in [1.29, 1.82) is 0 Å². The number of hydrogen-bond donors (Lipinski definition) is 1. The van der Waals surface area contributed by atoms with E-state index in [2.05, 4.69) is 14.8 Å². The maximum Gasteiger partial charge on any atom is 0.318 e. The van der Waals surface area contributed by atoms with Gasteiger partial charge in [0.2, 0.25) is 0 Å². The molecule has 1 aromatic carbocycles. The maximum absolute atomic E-state index is 10.2. The van der Waals surface area contributed by atoms with E-state index in [1.165, 1.54) is 0 Å². The highest BCUT2D eigenvalue weighted by molar-refractivity contribution is 6.03. The zero-order valence-electron chi connectivity index (χ0n) is 19.6. The minimum atomic E-state index is 0.359. The predicted molar refractivity (Wildman–Crippen MR) is 129 cm³/mol. The second kappa shape index (κ2) is 11.1. The summed E-state index contributed by atoms with van der Waals surface area (Å²) in [5.74, 6) is 1.22. The molecule has 182 valence electrons. The van der Waals surface area contributed by atoms with Gasteiger partial charge in [-0.1, -0.05) is 12.1 Å². The van der Waals surface area contributed by atoms with Crippen molar-refractivity contribution in [3.8, 4) is 11.8 Å². The number of nitrogens with zero attached hydrogens (tertiary/aromatic N) is 5. The first-order valence-corrected chi connectivity index (χ1v) is 12.2. The van der Waals surface area contributed by atoms with Crippen LogP contribution in [0.1, 0.15) is 29.7 Å². The average Bonchev–Trinajstić information content (AvgIpc) is 2.89. The zero-order chi connectivity index (χ0) is 23.2. The largest absolute Gasteiger partial charge is 0.508 e. The molecule has 2 fully saturated rings. The molecule has 0 amide bonds. The van der Waals surface area contributed by atoms with Crippen LogP contribution in [-0.2, 0) is 22.4 Å². The van der Waals surface area contributed by atoms with E-state index in [1.807, 2.05) is 18.2 Å². The van der Waals surface area contributed by atoms with Gasteiger partial charge in [-0.3, -0.25) is 9.89 Å². The average molecular weight is 468 g/mol. The molecule has 1 N–H and O–H groups in total. The minimum absolute atomic E-state index is 0.359. The molecule has 3 heterocycles. The first kappa shape index (κ1) is 23.0. The molecular weight excluding hydrogens is 434 g/mol. The number of fused-ring (bicyclic) bond motifs is 1. The highest BCUT2D eigenvalue weighted by atomic mass is 16.5. The van der Waals surface area contributed by atoms with Gasteiger partial charge in [0.25, 0.3) is 0 Å². The number of ether oxygens (including phenoxy) is 3. The molecule has 0 atom stereocenters. The van der Waals surface area contributed by atoms with Gasteiger partial charge in [-0.15, -0.1) is 0 Å². The first-order valence-electron chi connectivity index (χ1n) is 12.2. The lowest BCUT2D eigenvalue weighted by Gasteiger charge is -2.28. The van der Waals surface area contributed by atoms with Crippen LogP contribution >= 0.6 is 0 Å². The van der Waals surface area contributed by atoms with Crippen LogP contribution in [0, 0.1) is 0 Å².